The molecular weight excluding hydrogens is 222 g/mol. The summed E-state index contributed by atoms with van der Waals surface area (Å²) in [4.78, 5) is 0. The largest absolute Gasteiger partial charge is 0.493 e. The molecule has 0 spiro atoms. The summed E-state index contributed by atoms with van der Waals surface area (Å²) in [6.07, 6.45) is 6.72. The molecule has 1 N–H and O–H groups in total. The molecule has 3 rings (SSSR count). The molecule has 2 aliphatic carbocycles. The number of nitrogens with one attached hydrogen (secondary N) is 1. The van der Waals surface area contributed by atoms with Crippen LogP contribution in [0.4, 0.5) is 0 Å². The minimum absolute atomic E-state index is 0.754. The van der Waals surface area contributed by atoms with E-state index in [4.69, 9.17) is 4.74 Å². The van der Waals surface area contributed by atoms with Crippen LogP contribution in [0.25, 0.3) is 0 Å². The lowest BCUT2D eigenvalue weighted by Gasteiger charge is -2.14. The zero-order valence-corrected chi connectivity index (χ0v) is 11.2. The number of ether oxygens (including phenoxy) is 1. The molecular formula is C16H23NO. The molecule has 0 amide bonds. The van der Waals surface area contributed by atoms with Gasteiger partial charge in [0.2, 0.25) is 0 Å². The van der Waals surface area contributed by atoms with Crippen molar-refractivity contribution in [2.24, 2.45) is 5.92 Å². The first-order valence-corrected chi connectivity index (χ1v) is 7.27. The van der Waals surface area contributed by atoms with Gasteiger partial charge in [0.25, 0.3) is 0 Å². The Kier molecular flexibility index (Phi) is 3.55. The van der Waals surface area contributed by atoms with Gasteiger partial charge in [0.05, 0.1) is 6.61 Å². The third-order valence-electron chi connectivity index (χ3n) is 3.92. The highest BCUT2D eigenvalue weighted by molar-refractivity contribution is 5.40. The molecule has 0 bridgehead atoms. The first kappa shape index (κ1) is 12.0. The average molecular weight is 245 g/mol. The Morgan fingerprint density at radius 1 is 1.22 bits per heavy atom. The van der Waals surface area contributed by atoms with Crippen molar-refractivity contribution in [1.82, 2.24) is 5.32 Å². The molecule has 0 saturated heterocycles. The molecule has 2 aliphatic rings. The average Bonchev–Trinajstić information content (AvgIpc) is 3.24. The fraction of sp³-hybridized carbons (Fsp3) is 0.625. The van der Waals surface area contributed by atoms with E-state index in [9.17, 15) is 0 Å². The Bertz CT molecular complexity index is 408. The van der Waals surface area contributed by atoms with Gasteiger partial charge in [0.1, 0.15) is 5.75 Å². The van der Waals surface area contributed by atoms with Gasteiger partial charge in [0, 0.05) is 18.2 Å². The monoisotopic (exact) mass is 245 g/mol. The first-order valence-electron chi connectivity index (χ1n) is 7.27. The van der Waals surface area contributed by atoms with Crippen LogP contribution in [0.5, 0.6) is 5.75 Å². The number of para-hydroxylation sites is 1. The molecule has 1 aromatic rings. The fourth-order valence-electron chi connectivity index (χ4n) is 2.33. The molecule has 0 atom stereocenters. The lowest BCUT2D eigenvalue weighted by Crippen LogP contribution is -2.16. The number of aryl methyl sites for hydroxylation is 1. The maximum atomic E-state index is 6.03. The summed E-state index contributed by atoms with van der Waals surface area (Å²) >= 11 is 0. The Balaban J connectivity index is 1.59. The van der Waals surface area contributed by atoms with Crippen molar-refractivity contribution >= 4 is 0 Å². The predicted molar refractivity (Wildman–Crippen MR) is 73.9 cm³/mol. The molecule has 0 heterocycles. The molecule has 2 saturated carbocycles. The standard InChI is InChI=1S/C16H23NO/c1-12-3-2-4-14(11-17-15-7-8-15)16(12)18-10-9-13-5-6-13/h2-4,13,15,17H,5-11H2,1H3. The predicted octanol–water partition coefficient (Wildman–Crippen LogP) is 3.43. The second-order valence-electron chi connectivity index (χ2n) is 5.80. The van der Waals surface area contributed by atoms with Crippen molar-refractivity contribution in [3.63, 3.8) is 0 Å². The molecule has 2 fully saturated rings. The molecule has 2 heteroatoms. The number of hydrogen-bond acceptors (Lipinski definition) is 2. The van der Waals surface area contributed by atoms with Crippen molar-refractivity contribution in [3.8, 4) is 5.75 Å². The minimum Gasteiger partial charge on any atom is -0.493 e. The molecule has 0 radical (unpaired) electrons. The van der Waals surface area contributed by atoms with Gasteiger partial charge in [-0.15, -0.1) is 0 Å². The molecule has 0 aliphatic heterocycles. The third kappa shape index (κ3) is 3.26. The Morgan fingerprint density at radius 3 is 2.78 bits per heavy atom. The van der Waals surface area contributed by atoms with Gasteiger partial charge < -0.3 is 10.1 Å². The van der Waals surface area contributed by atoms with E-state index in [0.717, 1.165) is 30.9 Å². The Hall–Kier alpha value is -1.02. The van der Waals surface area contributed by atoms with Crippen LogP contribution < -0.4 is 10.1 Å². The Morgan fingerprint density at radius 2 is 2.06 bits per heavy atom. The summed E-state index contributed by atoms with van der Waals surface area (Å²) in [5, 5.41) is 3.57. The second kappa shape index (κ2) is 5.31. The van der Waals surface area contributed by atoms with Gasteiger partial charge in [-0.25, -0.2) is 0 Å². The van der Waals surface area contributed by atoms with Gasteiger partial charge in [-0.05, 0) is 37.7 Å². The lowest BCUT2D eigenvalue weighted by molar-refractivity contribution is 0.297. The zero-order valence-electron chi connectivity index (χ0n) is 11.2. The van der Waals surface area contributed by atoms with E-state index in [0.29, 0.717) is 0 Å². The van der Waals surface area contributed by atoms with E-state index in [-0.39, 0.29) is 0 Å². The third-order valence-corrected chi connectivity index (χ3v) is 3.92. The molecule has 1 aromatic carbocycles. The highest BCUT2D eigenvalue weighted by Crippen LogP contribution is 2.33. The topological polar surface area (TPSA) is 21.3 Å². The normalized spacial score (nSPS) is 18.9. The van der Waals surface area contributed by atoms with Crippen molar-refractivity contribution in [2.45, 2.75) is 51.6 Å². The van der Waals surface area contributed by atoms with Crippen LogP contribution in [0, 0.1) is 12.8 Å². The molecule has 98 valence electrons. The maximum Gasteiger partial charge on any atom is 0.126 e. The molecule has 0 aromatic heterocycles. The minimum atomic E-state index is 0.754. The van der Waals surface area contributed by atoms with Gasteiger partial charge in [-0.2, -0.15) is 0 Å². The zero-order chi connectivity index (χ0) is 12.4. The van der Waals surface area contributed by atoms with E-state index in [2.05, 4.69) is 30.4 Å². The quantitative estimate of drug-likeness (QED) is 0.794. The summed E-state index contributed by atoms with van der Waals surface area (Å²) in [7, 11) is 0. The van der Waals surface area contributed by atoms with Crippen LogP contribution in [0.1, 0.15) is 43.2 Å². The van der Waals surface area contributed by atoms with Crippen molar-refractivity contribution in [3.05, 3.63) is 29.3 Å². The Labute approximate surface area is 110 Å². The number of benzene rings is 1. The SMILES string of the molecule is Cc1cccc(CNC2CC2)c1OCCC1CC1. The van der Waals surface area contributed by atoms with E-state index in [1.165, 1.54) is 43.2 Å². The molecule has 2 nitrogen and oxygen atoms in total. The van der Waals surface area contributed by atoms with Gasteiger partial charge in [-0.3, -0.25) is 0 Å². The van der Waals surface area contributed by atoms with Gasteiger partial charge in [0.15, 0.2) is 0 Å². The van der Waals surface area contributed by atoms with Crippen molar-refractivity contribution < 1.29 is 4.74 Å². The van der Waals surface area contributed by atoms with E-state index < -0.39 is 0 Å². The number of rotatable bonds is 7. The van der Waals surface area contributed by atoms with Crippen LogP contribution in [0.2, 0.25) is 0 Å². The summed E-state index contributed by atoms with van der Waals surface area (Å²) in [5.41, 5.74) is 2.58. The van der Waals surface area contributed by atoms with Gasteiger partial charge in [-0.1, -0.05) is 31.0 Å². The van der Waals surface area contributed by atoms with Gasteiger partial charge >= 0.3 is 0 Å². The van der Waals surface area contributed by atoms with Crippen LogP contribution in [-0.4, -0.2) is 12.6 Å². The summed E-state index contributed by atoms with van der Waals surface area (Å²) in [5.74, 6) is 2.06. The lowest BCUT2D eigenvalue weighted by atomic mass is 10.1. The van der Waals surface area contributed by atoms with E-state index >= 15 is 0 Å². The van der Waals surface area contributed by atoms with Crippen LogP contribution in [0.3, 0.4) is 0 Å². The fourth-order valence-corrected chi connectivity index (χ4v) is 2.33. The van der Waals surface area contributed by atoms with E-state index in [1.54, 1.807) is 0 Å². The van der Waals surface area contributed by atoms with Crippen LogP contribution >= 0.6 is 0 Å². The van der Waals surface area contributed by atoms with E-state index in [1.807, 2.05) is 0 Å². The highest BCUT2D eigenvalue weighted by atomic mass is 16.5. The van der Waals surface area contributed by atoms with Crippen molar-refractivity contribution in [2.75, 3.05) is 6.61 Å². The second-order valence-corrected chi connectivity index (χ2v) is 5.80. The van der Waals surface area contributed by atoms with Crippen molar-refractivity contribution in [1.29, 1.82) is 0 Å². The highest BCUT2D eigenvalue weighted by Gasteiger charge is 2.22. The summed E-state index contributed by atoms with van der Waals surface area (Å²) in [6, 6.07) is 7.22. The van der Waals surface area contributed by atoms with Crippen LogP contribution in [-0.2, 0) is 6.54 Å². The van der Waals surface area contributed by atoms with Crippen LogP contribution in [0.15, 0.2) is 18.2 Å². The molecule has 0 unspecified atom stereocenters. The number of hydrogen-bond donors (Lipinski definition) is 1. The maximum absolute atomic E-state index is 6.03. The first-order chi connectivity index (χ1) is 8.83. The molecule has 18 heavy (non-hydrogen) atoms. The summed E-state index contributed by atoms with van der Waals surface area (Å²) < 4.78 is 6.03. The summed E-state index contributed by atoms with van der Waals surface area (Å²) in [6.45, 7) is 3.98. The smallest absolute Gasteiger partial charge is 0.126 e.